The minimum absolute atomic E-state index is 0.000838. The SMILES string of the molecule is COc1ccc(C(Nc2ccn([C@@H]3O[C@H](CO[Si](C)(C)C(C)(C)C)C(O)C3OC)c(=O)n2)(c2ccccc2)c2ccccc2)cc1. The average Bonchev–Trinajstić information content (AvgIpc) is 3.37. The van der Waals surface area contributed by atoms with Crippen molar-refractivity contribution in [3.8, 4) is 5.75 Å². The van der Waals surface area contributed by atoms with Crippen LogP contribution in [-0.2, 0) is 19.4 Å². The molecular formula is C36H45N3O6Si. The third-order valence-electron chi connectivity index (χ3n) is 9.36. The van der Waals surface area contributed by atoms with Crippen LogP contribution in [0.5, 0.6) is 5.75 Å². The second-order valence-electron chi connectivity index (χ2n) is 13.2. The van der Waals surface area contributed by atoms with E-state index in [9.17, 15) is 9.90 Å². The van der Waals surface area contributed by atoms with Crippen LogP contribution in [0.1, 0.15) is 43.7 Å². The molecule has 10 heteroatoms. The van der Waals surface area contributed by atoms with Gasteiger partial charge in [0.2, 0.25) is 0 Å². The summed E-state index contributed by atoms with van der Waals surface area (Å²) in [5, 5.41) is 14.8. The molecule has 0 aliphatic carbocycles. The first kappa shape index (κ1) is 33.6. The van der Waals surface area contributed by atoms with Gasteiger partial charge in [-0.1, -0.05) is 93.6 Å². The summed E-state index contributed by atoms with van der Waals surface area (Å²) in [4.78, 5) is 18.2. The Hall–Kier alpha value is -3.80. The molecule has 46 heavy (non-hydrogen) atoms. The second kappa shape index (κ2) is 13.5. The highest BCUT2D eigenvalue weighted by molar-refractivity contribution is 6.74. The molecule has 2 unspecified atom stereocenters. The number of hydrogen-bond donors (Lipinski definition) is 2. The monoisotopic (exact) mass is 643 g/mol. The molecule has 0 saturated carbocycles. The highest BCUT2D eigenvalue weighted by Gasteiger charge is 2.47. The third-order valence-corrected chi connectivity index (χ3v) is 13.9. The summed E-state index contributed by atoms with van der Waals surface area (Å²) in [6, 6.07) is 29.7. The number of hydrogen-bond acceptors (Lipinski definition) is 8. The molecule has 244 valence electrons. The second-order valence-corrected chi connectivity index (χ2v) is 18.0. The van der Waals surface area contributed by atoms with Gasteiger partial charge in [-0.25, -0.2) is 4.79 Å². The van der Waals surface area contributed by atoms with Crippen LogP contribution < -0.4 is 15.7 Å². The lowest BCUT2D eigenvalue weighted by atomic mass is 9.77. The van der Waals surface area contributed by atoms with Gasteiger partial charge in [0.25, 0.3) is 0 Å². The topological polar surface area (TPSA) is 104 Å². The largest absolute Gasteiger partial charge is 0.497 e. The molecule has 1 aliphatic rings. The number of aliphatic hydroxyl groups is 1. The average molecular weight is 644 g/mol. The predicted molar refractivity (Wildman–Crippen MR) is 182 cm³/mol. The van der Waals surface area contributed by atoms with Gasteiger partial charge in [-0.15, -0.1) is 0 Å². The van der Waals surface area contributed by atoms with Crippen LogP contribution in [0.3, 0.4) is 0 Å². The van der Waals surface area contributed by atoms with Gasteiger partial charge in [0.1, 0.15) is 35.4 Å². The van der Waals surface area contributed by atoms with E-state index in [2.05, 4.69) is 68.4 Å². The van der Waals surface area contributed by atoms with E-state index in [0.717, 1.165) is 22.4 Å². The fraction of sp³-hybridized carbons (Fsp3) is 0.389. The number of aromatic nitrogens is 2. The Labute approximate surface area is 272 Å². The smallest absolute Gasteiger partial charge is 0.351 e. The zero-order chi connectivity index (χ0) is 33.1. The summed E-state index contributed by atoms with van der Waals surface area (Å²) in [6.07, 6.45) is -1.67. The Kier molecular flexibility index (Phi) is 9.85. The van der Waals surface area contributed by atoms with Crippen LogP contribution in [0.15, 0.2) is 102 Å². The summed E-state index contributed by atoms with van der Waals surface area (Å²) < 4.78 is 25.0. The molecule has 0 radical (unpaired) electrons. The number of nitrogens with one attached hydrogen (secondary N) is 1. The van der Waals surface area contributed by atoms with Crippen LogP contribution in [0.2, 0.25) is 18.1 Å². The Bertz CT molecular complexity index is 1600. The van der Waals surface area contributed by atoms with Crippen LogP contribution in [0.4, 0.5) is 5.82 Å². The van der Waals surface area contributed by atoms with Crippen LogP contribution in [0.25, 0.3) is 0 Å². The lowest BCUT2D eigenvalue weighted by molar-refractivity contribution is -0.0612. The Morgan fingerprint density at radius 2 is 1.46 bits per heavy atom. The van der Waals surface area contributed by atoms with Crippen molar-refractivity contribution in [3.63, 3.8) is 0 Å². The molecule has 5 rings (SSSR count). The van der Waals surface area contributed by atoms with E-state index in [1.54, 1.807) is 19.4 Å². The van der Waals surface area contributed by atoms with E-state index in [4.69, 9.17) is 18.6 Å². The molecule has 2 heterocycles. The molecule has 1 saturated heterocycles. The molecule has 9 nitrogen and oxygen atoms in total. The van der Waals surface area contributed by atoms with Gasteiger partial charge >= 0.3 is 5.69 Å². The van der Waals surface area contributed by atoms with Gasteiger partial charge in [-0.2, -0.15) is 4.98 Å². The maximum atomic E-state index is 13.7. The highest BCUT2D eigenvalue weighted by Crippen LogP contribution is 2.41. The fourth-order valence-corrected chi connectivity index (χ4v) is 6.66. The molecule has 2 N–H and O–H groups in total. The lowest BCUT2D eigenvalue weighted by Crippen LogP contribution is -2.44. The van der Waals surface area contributed by atoms with E-state index in [0.29, 0.717) is 5.82 Å². The van der Waals surface area contributed by atoms with Crippen molar-refractivity contribution < 1.29 is 23.7 Å². The van der Waals surface area contributed by atoms with Crippen molar-refractivity contribution in [1.29, 1.82) is 0 Å². The molecule has 1 aromatic heterocycles. The standard InChI is InChI=1S/C36H45N3O6Si/c1-35(2,3)46(6,7)44-24-29-31(40)32(43-5)33(45-29)39-23-22-30(37-34(39)41)38-36(25-14-10-8-11-15-25,26-16-12-9-13-17-26)27-18-20-28(42-4)21-19-27/h8-23,29,31-33,40H,24H2,1-7H3,(H,37,38,41)/t29-,31?,32?,33-/m1/s1. The normalized spacial score (nSPS) is 20.4. The molecular weight excluding hydrogens is 598 g/mol. The van der Waals surface area contributed by atoms with Crippen LogP contribution in [-0.4, -0.2) is 62.1 Å². The lowest BCUT2D eigenvalue weighted by Gasteiger charge is -2.37. The van der Waals surface area contributed by atoms with Crippen molar-refractivity contribution >= 4 is 14.1 Å². The first-order chi connectivity index (χ1) is 21.9. The minimum atomic E-state index is -2.09. The fourth-order valence-electron chi connectivity index (χ4n) is 5.64. The van der Waals surface area contributed by atoms with Crippen molar-refractivity contribution in [3.05, 3.63) is 124 Å². The molecule has 4 atom stereocenters. The van der Waals surface area contributed by atoms with E-state index < -0.39 is 44.1 Å². The molecule has 1 aliphatic heterocycles. The first-order valence-electron chi connectivity index (χ1n) is 15.5. The van der Waals surface area contributed by atoms with Crippen molar-refractivity contribution in [2.75, 3.05) is 26.1 Å². The quantitative estimate of drug-likeness (QED) is 0.153. The highest BCUT2D eigenvalue weighted by atomic mass is 28.4. The maximum absolute atomic E-state index is 13.7. The van der Waals surface area contributed by atoms with Gasteiger partial charge in [0, 0.05) is 13.3 Å². The summed E-state index contributed by atoms with van der Waals surface area (Å²) in [5.41, 5.74) is 1.41. The van der Waals surface area contributed by atoms with Gasteiger partial charge < -0.3 is 29.1 Å². The molecule has 1 fully saturated rings. The van der Waals surface area contributed by atoms with Gasteiger partial charge in [0.15, 0.2) is 14.5 Å². The summed E-state index contributed by atoms with van der Waals surface area (Å²) in [7, 11) is 1.04. The number of aliphatic hydroxyl groups excluding tert-OH is 1. The zero-order valence-corrected chi connectivity index (χ0v) is 28.6. The molecule has 4 aromatic rings. The molecule has 0 amide bonds. The van der Waals surface area contributed by atoms with Crippen molar-refractivity contribution in [2.24, 2.45) is 0 Å². The number of anilines is 1. The van der Waals surface area contributed by atoms with E-state index in [-0.39, 0.29) is 11.6 Å². The van der Waals surface area contributed by atoms with Gasteiger partial charge in [0.05, 0.1) is 13.7 Å². The zero-order valence-electron chi connectivity index (χ0n) is 27.6. The van der Waals surface area contributed by atoms with E-state index in [1.807, 2.05) is 60.7 Å². The van der Waals surface area contributed by atoms with Crippen molar-refractivity contribution in [2.45, 2.75) is 69.0 Å². The maximum Gasteiger partial charge on any atom is 0.351 e. The van der Waals surface area contributed by atoms with Gasteiger partial charge in [-0.05, 0) is 53.0 Å². The molecule has 0 bridgehead atoms. The summed E-state index contributed by atoms with van der Waals surface area (Å²) >= 11 is 0. The van der Waals surface area contributed by atoms with Crippen molar-refractivity contribution in [1.82, 2.24) is 9.55 Å². The predicted octanol–water partition coefficient (Wildman–Crippen LogP) is 5.95. The van der Waals surface area contributed by atoms with Gasteiger partial charge in [-0.3, -0.25) is 4.57 Å². The number of rotatable bonds is 11. The molecule has 3 aromatic carbocycles. The minimum Gasteiger partial charge on any atom is -0.497 e. The summed E-state index contributed by atoms with van der Waals surface area (Å²) in [5.74, 6) is 1.11. The van der Waals surface area contributed by atoms with Crippen LogP contribution >= 0.6 is 0 Å². The number of methoxy groups -OCH3 is 2. The van der Waals surface area contributed by atoms with E-state index in [1.165, 1.54) is 11.7 Å². The third kappa shape index (κ3) is 6.54. The molecule has 0 spiro atoms. The number of benzene rings is 3. The summed E-state index contributed by atoms with van der Waals surface area (Å²) in [6.45, 7) is 11.0. The number of nitrogens with zero attached hydrogens (tertiary/aromatic N) is 2. The Morgan fingerprint density at radius 1 is 0.891 bits per heavy atom. The first-order valence-corrected chi connectivity index (χ1v) is 18.5. The Morgan fingerprint density at radius 3 is 1.96 bits per heavy atom. The Balaban J connectivity index is 1.50. The van der Waals surface area contributed by atoms with E-state index >= 15 is 0 Å². The number of ether oxygens (including phenoxy) is 3. The van der Waals surface area contributed by atoms with Crippen LogP contribution in [0, 0.1) is 0 Å².